The Balaban J connectivity index is 2.29. The van der Waals surface area contributed by atoms with Crippen molar-refractivity contribution in [3.8, 4) is 0 Å². The molecule has 1 aromatic carbocycles. The zero-order valence-electron chi connectivity index (χ0n) is 18.4. The van der Waals surface area contributed by atoms with E-state index in [1.807, 2.05) is 6.92 Å². The summed E-state index contributed by atoms with van der Waals surface area (Å²) in [6, 6.07) is 5.52. The maximum absolute atomic E-state index is 12.8. The number of nitrogens with two attached hydrogens (primary N) is 1. The second-order valence-corrected chi connectivity index (χ2v) is 9.90. The van der Waals surface area contributed by atoms with Gasteiger partial charge in [0, 0.05) is 18.7 Å². The van der Waals surface area contributed by atoms with Crippen molar-refractivity contribution in [2.24, 2.45) is 5.73 Å². The second-order valence-electron chi connectivity index (χ2n) is 6.94. The molecular formula is C21H27N3O6S2. The number of carbonyl (C=O) groups is 3. The number of hydrogen-bond acceptors (Lipinski definition) is 7. The number of amides is 2. The molecule has 174 valence electrons. The summed E-state index contributed by atoms with van der Waals surface area (Å²) in [4.78, 5) is 36.7. The first kappa shape index (κ1) is 25.5. The molecule has 11 heteroatoms. The molecule has 0 aliphatic rings. The first-order valence-electron chi connectivity index (χ1n) is 10.0. The predicted molar refractivity (Wildman–Crippen MR) is 123 cm³/mol. The molecule has 0 unspecified atom stereocenters. The van der Waals surface area contributed by atoms with Crippen LogP contribution in [0.4, 0.5) is 5.00 Å². The van der Waals surface area contributed by atoms with Crippen molar-refractivity contribution in [2.75, 3.05) is 25.5 Å². The largest absolute Gasteiger partial charge is 0.465 e. The average molecular weight is 482 g/mol. The van der Waals surface area contributed by atoms with Crippen LogP contribution in [0.25, 0.3) is 0 Å². The molecule has 2 aromatic rings. The number of methoxy groups -OCH3 is 1. The van der Waals surface area contributed by atoms with Gasteiger partial charge in [-0.1, -0.05) is 20.3 Å². The zero-order valence-corrected chi connectivity index (χ0v) is 20.1. The Morgan fingerprint density at radius 1 is 1.16 bits per heavy atom. The highest BCUT2D eigenvalue weighted by atomic mass is 32.2. The van der Waals surface area contributed by atoms with Crippen LogP contribution in [0, 0.1) is 6.92 Å². The topological polar surface area (TPSA) is 136 Å². The molecule has 0 atom stereocenters. The van der Waals surface area contributed by atoms with Crippen LogP contribution in [0.5, 0.6) is 0 Å². The quantitative estimate of drug-likeness (QED) is 0.501. The summed E-state index contributed by atoms with van der Waals surface area (Å²) in [6.45, 7) is 6.07. The maximum atomic E-state index is 12.8. The smallest absolute Gasteiger partial charge is 0.348 e. The summed E-state index contributed by atoms with van der Waals surface area (Å²) < 4.78 is 31.7. The van der Waals surface area contributed by atoms with Gasteiger partial charge in [-0.15, -0.1) is 11.3 Å². The second kappa shape index (κ2) is 10.7. The van der Waals surface area contributed by atoms with Crippen molar-refractivity contribution in [3.05, 3.63) is 45.8 Å². The maximum Gasteiger partial charge on any atom is 0.348 e. The molecule has 0 aliphatic carbocycles. The fraction of sp³-hybridized carbons (Fsp3) is 0.381. The van der Waals surface area contributed by atoms with Crippen molar-refractivity contribution >= 4 is 44.1 Å². The number of anilines is 1. The zero-order chi connectivity index (χ0) is 24.1. The van der Waals surface area contributed by atoms with Crippen LogP contribution >= 0.6 is 11.3 Å². The molecule has 0 fully saturated rings. The average Bonchev–Trinajstić information content (AvgIpc) is 3.09. The Morgan fingerprint density at radius 3 is 2.28 bits per heavy atom. The van der Waals surface area contributed by atoms with Gasteiger partial charge in [-0.25, -0.2) is 13.2 Å². The van der Waals surface area contributed by atoms with Crippen molar-refractivity contribution in [3.63, 3.8) is 0 Å². The lowest BCUT2D eigenvalue weighted by Gasteiger charge is -2.20. The number of esters is 1. The highest BCUT2D eigenvalue weighted by Crippen LogP contribution is 2.33. The highest BCUT2D eigenvalue weighted by molar-refractivity contribution is 7.89. The van der Waals surface area contributed by atoms with Crippen LogP contribution in [-0.4, -0.2) is 50.7 Å². The Labute approximate surface area is 191 Å². The molecule has 0 radical (unpaired) electrons. The lowest BCUT2D eigenvalue weighted by Crippen LogP contribution is -2.31. The summed E-state index contributed by atoms with van der Waals surface area (Å²) in [6.07, 6.45) is 1.63. The Kier molecular flexibility index (Phi) is 8.53. The Morgan fingerprint density at radius 2 is 1.78 bits per heavy atom. The Bertz CT molecular complexity index is 1110. The van der Waals surface area contributed by atoms with Crippen molar-refractivity contribution in [1.29, 1.82) is 0 Å². The molecule has 2 amide bonds. The lowest BCUT2D eigenvalue weighted by molar-refractivity contribution is 0.0605. The monoisotopic (exact) mass is 481 g/mol. The summed E-state index contributed by atoms with van der Waals surface area (Å²) in [5.74, 6) is -2.02. The van der Waals surface area contributed by atoms with E-state index in [0.29, 0.717) is 18.7 Å². The first-order chi connectivity index (χ1) is 15.1. The normalized spacial score (nSPS) is 11.4. The molecular weight excluding hydrogens is 454 g/mol. The van der Waals surface area contributed by atoms with Crippen LogP contribution in [0.15, 0.2) is 29.2 Å². The number of hydrogen-bond donors (Lipinski definition) is 2. The standard InChI is InChI=1S/C21H27N3O6S2/c1-5-7-12-24(6-2)32(28,29)15-10-8-14(9-11-15)19(26)23-20-16(18(22)25)13(3)17(31-20)21(27)30-4/h8-11H,5-7,12H2,1-4H3,(H2,22,25)(H,23,26). The van der Waals surface area contributed by atoms with Crippen LogP contribution in [0.3, 0.4) is 0 Å². The van der Waals surface area contributed by atoms with Crippen molar-refractivity contribution in [1.82, 2.24) is 4.31 Å². The number of rotatable bonds is 10. The van der Waals surface area contributed by atoms with E-state index < -0.39 is 27.8 Å². The molecule has 1 aromatic heterocycles. The minimum atomic E-state index is -3.67. The van der Waals surface area contributed by atoms with Crippen molar-refractivity contribution < 1.29 is 27.5 Å². The van der Waals surface area contributed by atoms with Crippen LogP contribution in [0.2, 0.25) is 0 Å². The number of carbonyl (C=O) groups excluding carboxylic acids is 3. The van der Waals surface area contributed by atoms with Gasteiger partial charge in [0.15, 0.2) is 0 Å². The summed E-state index contributed by atoms with van der Waals surface area (Å²) >= 11 is 0.882. The summed E-state index contributed by atoms with van der Waals surface area (Å²) in [5, 5.41) is 2.70. The summed E-state index contributed by atoms with van der Waals surface area (Å²) in [7, 11) is -2.46. The van der Waals surface area contributed by atoms with E-state index >= 15 is 0 Å². The third-order valence-electron chi connectivity index (χ3n) is 4.86. The van der Waals surface area contributed by atoms with Crippen LogP contribution in [-0.2, 0) is 14.8 Å². The third-order valence-corrected chi connectivity index (χ3v) is 8.03. The highest BCUT2D eigenvalue weighted by Gasteiger charge is 2.26. The minimum Gasteiger partial charge on any atom is -0.465 e. The van der Waals surface area contributed by atoms with Crippen LogP contribution < -0.4 is 11.1 Å². The first-order valence-corrected chi connectivity index (χ1v) is 12.3. The number of nitrogens with one attached hydrogen (secondary N) is 1. The van der Waals surface area contributed by atoms with E-state index in [1.165, 1.54) is 42.6 Å². The molecule has 0 bridgehead atoms. The van der Waals surface area contributed by atoms with E-state index in [-0.39, 0.29) is 25.9 Å². The van der Waals surface area contributed by atoms with Gasteiger partial charge in [0.05, 0.1) is 17.6 Å². The number of unbranched alkanes of at least 4 members (excludes halogenated alkanes) is 1. The van der Waals surface area contributed by atoms with E-state index in [4.69, 9.17) is 10.5 Å². The van der Waals surface area contributed by atoms with Gasteiger partial charge in [-0.2, -0.15) is 4.31 Å². The molecule has 9 nitrogen and oxygen atoms in total. The minimum absolute atomic E-state index is 0.0254. The molecule has 0 spiro atoms. The van der Waals surface area contributed by atoms with Gasteiger partial charge in [0.1, 0.15) is 9.88 Å². The number of ether oxygens (including phenoxy) is 1. The van der Waals surface area contributed by atoms with Gasteiger partial charge in [0.2, 0.25) is 10.0 Å². The van der Waals surface area contributed by atoms with E-state index in [9.17, 15) is 22.8 Å². The van der Waals surface area contributed by atoms with E-state index in [1.54, 1.807) is 6.92 Å². The molecule has 0 saturated carbocycles. The molecule has 0 saturated heterocycles. The van der Waals surface area contributed by atoms with E-state index in [0.717, 1.165) is 24.2 Å². The number of sulfonamides is 1. The van der Waals surface area contributed by atoms with Gasteiger partial charge < -0.3 is 15.8 Å². The number of primary amides is 1. The Hall–Kier alpha value is -2.76. The van der Waals surface area contributed by atoms with Crippen LogP contribution in [0.1, 0.15) is 62.6 Å². The number of benzene rings is 1. The fourth-order valence-corrected chi connectivity index (χ4v) is 5.68. The van der Waals surface area contributed by atoms with Gasteiger partial charge in [-0.05, 0) is 43.2 Å². The predicted octanol–water partition coefficient (Wildman–Crippen LogP) is 3.01. The fourth-order valence-electron chi connectivity index (χ4n) is 3.07. The SMILES string of the molecule is CCCCN(CC)S(=O)(=O)c1ccc(C(=O)Nc2sc(C(=O)OC)c(C)c2C(N)=O)cc1. The third kappa shape index (κ3) is 5.34. The van der Waals surface area contributed by atoms with Gasteiger partial charge in [-0.3, -0.25) is 9.59 Å². The summed E-state index contributed by atoms with van der Waals surface area (Å²) in [5.41, 5.74) is 5.95. The lowest BCUT2D eigenvalue weighted by atomic mass is 10.1. The molecule has 1 heterocycles. The molecule has 0 aliphatic heterocycles. The van der Waals surface area contributed by atoms with Gasteiger partial charge >= 0.3 is 5.97 Å². The van der Waals surface area contributed by atoms with Gasteiger partial charge in [0.25, 0.3) is 11.8 Å². The number of nitrogens with zero attached hydrogens (tertiary/aromatic N) is 1. The molecule has 3 N–H and O–H groups in total. The van der Waals surface area contributed by atoms with Crippen molar-refractivity contribution in [2.45, 2.75) is 38.5 Å². The number of thiophene rings is 1. The molecule has 2 rings (SSSR count). The molecule has 32 heavy (non-hydrogen) atoms. The van der Waals surface area contributed by atoms with E-state index in [2.05, 4.69) is 5.32 Å².